The first kappa shape index (κ1) is 40.8. The molecule has 46 heavy (non-hydrogen) atoms. The van der Waals surface area contributed by atoms with E-state index < -0.39 is 102 Å². The lowest BCUT2D eigenvalue weighted by molar-refractivity contribution is -0.181. The molecule has 0 N–H and O–H groups in total. The van der Waals surface area contributed by atoms with E-state index in [1.807, 2.05) is 6.92 Å². The SMILES string of the molecule is CC[C@H](C)[C@@H]1C(=O)O[C@H](C(C)C)C(=O)N(C)[C@H](C(C)C)C(=O)O[C@H](C(C)C)C(=O)N(C)[C@H](C(C)C)C(=O)O[C@@H](C(C)C)C(=O)N1C. The van der Waals surface area contributed by atoms with Gasteiger partial charge < -0.3 is 28.9 Å². The van der Waals surface area contributed by atoms with E-state index in [1.54, 1.807) is 76.2 Å². The Hall–Kier alpha value is -3.18. The first-order valence-electron chi connectivity index (χ1n) is 16.5. The van der Waals surface area contributed by atoms with Crippen LogP contribution in [0.3, 0.4) is 0 Å². The van der Waals surface area contributed by atoms with Gasteiger partial charge in [-0.25, -0.2) is 14.4 Å². The molecular weight excluding hydrogens is 594 g/mol. The molecule has 12 heteroatoms. The van der Waals surface area contributed by atoms with E-state index in [-0.39, 0.29) is 5.92 Å². The Labute approximate surface area is 275 Å². The quantitative estimate of drug-likeness (QED) is 0.298. The molecule has 1 heterocycles. The molecule has 7 atom stereocenters. The van der Waals surface area contributed by atoms with Gasteiger partial charge in [-0.15, -0.1) is 0 Å². The van der Waals surface area contributed by atoms with Crippen LogP contribution in [0.2, 0.25) is 0 Å². The number of rotatable bonds is 7. The predicted molar refractivity (Wildman–Crippen MR) is 173 cm³/mol. The summed E-state index contributed by atoms with van der Waals surface area (Å²) in [5, 5.41) is 0. The van der Waals surface area contributed by atoms with E-state index in [4.69, 9.17) is 14.2 Å². The van der Waals surface area contributed by atoms with Crippen LogP contribution >= 0.6 is 0 Å². The Bertz CT molecular complexity index is 1090. The summed E-state index contributed by atoms with van der Waals surface area (Å²) in [4.78, 5) is 86.8. The van der Waals surface area contributed by atoms with Crippen molar-refractivity contribution in [1.29, 1.82) is 0 Å². The van der Waals surface area contributed by atoms with Gasteiger partial charge in [-0.3, -0.25) is 14.4 Å². The second-order valence-corrected chi connectivity index (χ2v) is 14.4. The molecule has 0 radical (unpaired) electrons. The molecule has 0 aromatic heterocycles. The van der Waals surface area contributed by atoms with Crippen molar-refractivity contribution in [1.82, 2.24) is 14.7 Å². The second kappa shape index (κ2) is 17.1. The van der Waals surface area contributed by atoms with Crippen LogP contribution in [0.5, 0.6) is 0 Å². The molecule has 1 aliphatic heterocycles. The van der Waals surface area contributed by atoms with E-state index >= 15 is 0 Å². The minimum atomic E-state index is -1.28. The molecule has 12 nitrogen and oxygen atoms in total. The summed E-state index contributed by atoms with van der Waals surface area (Å²) in [6.07, 6.45) is -3.33. The van der Waals surface area contributed by atoms with Gasteiger partial charge in [0.1, 0.15) is 18.1 Å². The smallest absolute Gasteiger partial charge is 0.329 e. The number of nitrogens with zero attached hydrogens (tertiary/aromatic N) is 3. The highest BCUT2D eigenvalue weighted by Crippen LogP contribution is 2.25. The Kier molecular flexibility index (Phi) is 15.2. The van der Waals surface area contributed by atoms with Crippen LogP contribution in [-0.2, 0) is 43.0 Å². The lowest BCUT2D eigenvalue weighted by Crippen LogP contribution is -2.58. The van der Waals surface area contributed by atoms with Crippen molar-refractivity contribution in [2.24, 2.45) is 35.5 Å². The fourth-order valence-electron chi connectivity index (χ4n) is 5.76. The molecule has 1 saturated heterocycles. The number of cyclic esters (lactones) is 3. The third-order valence-corrected chi connectivity index (χ3v) is 8.74. The lowest BCUT2D eigenvalue weighted by Gasteiger charge is -2.38. The number of hydrogen-bond donors (Lipinski definition) is 0. The number of ether oxygens (including phenoxy) is 3. The van der Waals surface area contributed by atoms with E-state index in [0.717, 1.165) is 0 Å². The first-order valence-corrected chi connectivity index (χ1v) is 16.5. The number of likely N-dealkylation sites (N-methyl/N-ethyl adjacent to an activating group) is 3. The summed E-state index contributed by atoms with van der Waals surface area (Å²) in [5.74, 6) is -6.92. The van der Waals surface area contributed by atoms with Crippen LogP contribution in [0.25, 0.3) is 0 Å². The molecular formula is C34H59N3O9. The summed E-state index contributed by atoms with van der Waals surface area (Å²) in [5.41, 5.74) is 0. The van der Waals surface area contributed by atoms with Gasteiger partial charge in [0.25, 0.3) is 17.7 Å². The van der Waals surface area contributed by atoms with Gasteiger partial charge in [-0.1, -0.05) is 89.5 Å². The molecule has 0 aromatic rings. The van der Waals surface area contributed by atoms with Crippen molar-refractivity contribution < 1.29 is 43.0 Å². The van der Waals surface area contributed by atoms with Crippen molar-refractivity contribution in [3.05, 3.63) is 0 Å². The molecule has 1 aliphatic rings. The number of carbonyl (C=O) groups is 6. The van der Waals surface area contributed by atoms with Crippen LogP contribution < -0.4 is 0 Å². The van der Waals surface area contributed by atoms with Gasteiger partial charge in [0.2, 0.25) is 0 Å². The van der Waals surface area contributed by atoms with Crippen LogP contribution in [0.1, 0.15) is 89.5 Å². The molecule has 0 saturated carbocycles. The molecule has 0 spiro atoms. The molecule has 0 unspecified atom stereocenters. The van der Waals surface area contributed by atoms with E-state index in [2.05, 4.69) is 0 Å². The fourth-order valence-corrected chi connectivity index (χ4v) is 5.76. The van der Waals surface area contributed by atoms with Crippen molar-refractivity contribution in [3.8, 4) is 0 Å². The van der Waals surface area contributed by atoms with Gasteiger partial charge in [0.05, 0.1) is 0 Å². The summed E-state index contributed by atoms with van der Waals surface area (Å²) < 4.78 is 17.5. The highest BCUT2D eigenvalue weighted by atomic mass is 16.6. The number of carbonyl (C=O) groups excluding carboxylic acids is 6. The fraction of sp³-hybridized carbons (Fsp3) is 0.824. The number of esters is 3. The molecule has 0 bridgehead atoms. The summed E-state index contributed by atoms with van der Waals surface area (Å²) in [6, 6.07) is -3.32. The van der Waals surface area contributed by atoms with Crippen LogP contribution in [0.15, 0.2) is 0 Å². The number of amides is 3. The molecule has 3 amide bonds. The van der Waals surface area contributed by atoms with E-state index in [1.165, 1.54) is 35.8 Å². The van der Waals surface area contributed by atoms with Gasteiger partial charge in [0, 0.05) is 21.1 Å². The molecule has 1 fully saturated rings. The van der Waals surface area contributed by atoms with Crippen molar-refractivity contribution in [2.45, 2.75) is 126 Å². The van der Waals surface area contributed by atoms with Crippen LogP contribution in [-0.4, -0.2) is 108 Å². The Morgan fingerprint density at radius 3 is 0.913 bits per heavy atom. The maximum Gasteiger partial charge on any atom is 0.329 e. The predicted octanol–water partition coefficient (Wildman–Crippen LogP) is 3.54. The number of hydrogen-bond acceptors (Lipinski definition) is 9. The zero-order valence-corrected chi connectivity index (χ0v) is 30.7. The monoisotopic (exact) mass is 653 g/mol. The minimum Gasteiger partial charge on any atom is -0.450 e. The summed E-state index contributed by atoms with van der Waals surface area (Å²) in [6.45, 7) is 20.9. The summed E-state index contributed by atoms with van der Waals surface area (Å²) >= 11 is 0. The van der Waals surface area contributed by atoms with E-state index in [9.17, 15) is 28.8 Å². The third kappa shape index (κ3) is 9.44. The lowest BCUT2D eigenvalue weighted by atomic mass is 9.95. The molecule has 0 aromatic carbocycles. The van der Waals surface area contributed by atoms with Crippen LogP contribution in [0, 0.1) is 35.5 Å². The third-order valence-electron chi connectivity index (χ3n) is 8.74. The minimum absolute atomic E-state index is 0.380. The Balaban J connectivity index is 3.97. The standard InChI is InChI=1S/C34H59N3O9/c1-16-22(12)25-34(43)46-27(20(8)9)30(39)36(14)23(17(2)3)32(41)44-26(19(6)7)29(38)35(13)24(18(4)5)33(42)45-28(21(10)11)31(40)37(25)15/h17-28H,16H2,1-15H3/t22-,23+,24+,25+,26+,27+,28-/m0/s1. The van der Waals surface area contributed by atoms with Crippen LogP contribution in [0.4, 0.5) is 0 Å². The maximum atomic E-state index is 14.0. The molecule has 264 valence electrons. The Morgan fingerprint density at radius 1 is 0.457 bits per heavy atom. The van der Waals surface area contributed by atoms with Gasteiger partial charge in [-0.05, 0) is 35.5 Å². The maximum absolute atomic E-state index is 14.0. The molecule has 1 rings (SSSR count). The van der Waals surface area contributed by atoms with Gasteiger partial charge >= 0.3 is 17.9 Å². The van der Waals surface area contributed by atoms with Gasteiger partial charge in [-0.2, -0.15) is 0 Å². The zero-order chi connectivity index (χ0) is 36.0. The van der Waals surface area contributed by atoms with Crippen molar-refractivity contribution >= 4 is 35.6 Å². The van der Waals surface area contributed by atoms with Crippen molar-refractivity contribution in [3.63, 3.8) is 0 Å². The van der Waals surface area contributed by atoms with Gasteiger partial charge in [0.15, 0.2) is 18.3 Å². The zero-order valence-electron chi connectivity index (χ0n) is 30.7. The topological polar surface area (TPSA) is 140 Å². The molecule has 0 aliphatic carbocycles. The highest BCUT2D eigenvalue weighted by molar-refractivity contribution is 5.94. The highest BCUT2D eigenvalue weighted by Gasteiger charge is 2.45. The largest absolute Gasteiger partial charge is 0.450 e. The summed E-state index contributed by atoms with van der Waals surface area (Å²) in [7, 11) is 4.33. The average molecular weight is 654 g/mol. The second-order valence-electron chi connectivity index (χ2n) is 14.4. The average Bonchev–Trinajstić information content (AvgIpc) is 2.94. The normalized spacial score (nSPS) is 27.8. The first-order chi connectivity index (χ1) is 21.1. The Morgan fingerprint density at radius 2 is 0.696 bits per heavy atom. The van der Waals surface area contributed by atoms with E-state index in [0.29, 0.717) is 6.42 Å². The van der Waals surface area contributed by atoms with Crippen molar-refractivity contribution in [2.75, 3.05) is 21.1 Å².